The number of carbonyl (C=O) groups is 2. The van der Waals surface area contributed by atoms with Gasteiger partial charge in [0.1, 0.15) is 11.9 Å². The number of piperazine rings is 1. The molecule has 3 rings (SSSR count). The third kappa shape index (κ3) is 6.92. The molecule has 32 heavy (non-hydrogen) atoms. The Morgan fingerprint density at radius 2 is 1.84 bits per heavy atom. The normalized spacial score (nSPS) is 21.1. The van der Waals surface area contributed by atoms with Crippen LogP contribution in [0.15, 0.2) is 24.4 Å². The molecule has 0 aromatic carbocycles. The molecule has 7 heteroatoms. The van der Waals surface area contributed by atoms with Gasteiger partial charge in [0.2, 0.25) is 11.8 Å². The first-order chi connectivity index (χ1) is 15.3. The summed E-state index contributed by atoms with van der Waals surface area (Å²) in [6.45, 7) is 14.7. The highest BCUT2D eigenvalue weighted by Gasteiger charge is 2.32. The van der Waals surface area contributed by atoms with Crippen molar-refractivity contribution in [1.29, 1.82) is 0 Å². The molecule has 1 N–H and O–H groups in total. The van der Waals surface area contributed by atoms with Gasteiger partial charge in [-0.15, -0.1) is 0 Å². The van der Waals surface area contributed by atoms with Crippen LogP contribution in [0.2, 0.25) is 0 Å². The van der Waals surface area contributed by atoms with E-state index in [0.717, 1.165) is 64.5 Å². The number of amides is 2. The number of aromatic nitrogens is 1. The SMILES string of the molecule is CC(C)CC(=O)N[C@H](C(=O)N1CCC[C@H](CN2CCN(c3ccccn3)CC2)C1)C(C)C. The van der Waals surface area contributed by atoms with Gasteiger partial charge in [-0.1, -0.05) is 33.8 Å². The Labute approximate surface area is 193 Å². The largest absolute Gasteiger partial charge is 0.354 e. The lowest BCUT2D eigenvalue weighted by Gasteiger charge is -2.40. The zero-order valence-corrected chi connectivity index (χ0v) is 20.3. The number of piperidine rings is 1. The molecule has 2 aliphatic rings. The highest BCUT2D eigenvalue weighted by molar-refractivity contribution is 5.88. The third-order valence-corrected chi connectivity index (χ3v) is 6.54. The summed E-state index contributed by atoms with van der Waals surface area (Å²) < 4.78 is 0. The van der Waals surface area contributed by atoms with Crippen molar-refractivity contribution < 1.29 is 9.59 Å². The fourth-order valence-corrected chi connectivity index (χ4v) is 4.79. The van der Waals surface area contributed by atoms with E-state index < -0.39 is 6.04 Å². The molecule has 2 fully saturated rings. The molecule has 1 aromatic rings. The Balaban J connectivity index is 1.50. The van der Waals surface area contributed by atoms with Crippen LogP contribution in [0.5, 0.6) is 0 Å². The van der Waals surface area contributed by atoms with E-state index in [0.29, 0.717) is 12.3 Å². The van der Waals surface area contributed by atoms with E-state index in [9.17, 15) is 9.59 Å². The number of pyridine rings is 1. The second-order valence-corrected chi connectivity index (χ2v) is 10.2. The van der Waals surface area contributed by atoms with E-state index in [1.807, 2.05) is 50.9 Å². The van der Waals surface area contributed by atoms with Gasteiger partial charge in [-0.3, -0.25) is 14.5 Å². The Kier molecular flexibility index (Phi) is 8.91. The first-order valence-corrected chi connectivity index (χ1v) is 12.3. The smallest absolute Gasteiger partial charge is 0.245 e. The van der Waals surface area contributed by atoms with Gasteiger partial charge in [0, 0.05) is 58.4 Å². The molecule has 2 amide bonds. The Morgan fingerprint density at radius 3 is 2.47 bits per heavy atom. The van der Waals surface area contributed by atoms with Gasteiger partial charge in [-0.2, -0.15) is 0 Å². The number of hydrogen-bond acceptors (Lipinski definition) is 5. The summed E-state index contributed by atoms with van der Waals surface area (Å²) in [7, 11) is 0. The van der Waals surface area contributed by atoms with Crippen LogP contribution in [0.1, 0.15) is 47.0 Å². The van der Waals surface area contributed by atoms with Gasteiger partial charge in [-0.05, 0) is 42.7 Å². The summed E-state index contributed by atoms with van der Waals surface area (Å²) in [6.07, 6.45) is 4.51. The van der Waals surface area contributed by atoms with Crippen LogP contribution >= 0.6 is 0 Å². The first-order valence-electron chi connectivity index (χ1n) is 12.3. The van der Waals surface area contributed by atoms with E-state index in [1.165, 1.54) is 0 Å². The number of carbonyl (C=O) groups excluding carboxylic acids is 2. The quantitative estimate of drug-likeness (QED) is 0.669. The molecule has 7 nitrogen and oxygen atoms in total. The van der Waals surface area contributed by atoms with Gasteiger partial charge in [0.25, 0.3) is 0 Å². The van der Waals surface area contributed by atoms with E-state index in [-0.39, 0.29) is 23.7 Å². The summed E-state index contributed by atoms with van der Waals surface area (Å²) in [5.74, 6) is 1.98. The van der Waals surface area contributed by atoms with Crippen molar-refractivity contribution in [2.45, 2.75) is 53.0 Å². The Morgan fingerprint density at radius 1 is 1.09 bits per heavy atom. The van der Waals surface area contributed by atoms with Crippen molar-refractivity contribution in [3.05, 3.63) is 24.4 Å². The standard InChI is InChI=1S/C25H41N5O2/c1-19(2)16-23(31)27-24(20(3)4)25(32)30-11-7-8-21(18-30)17-28-12-14-29(15-13-28)22-9-5-6-10-26-22/h5-6,9-10,19-21,24H,7-8,11-18H2,1-4H3,(H,27,31)/t21-,24+/m1/s1. The molecule has 2 saturated heterocycles. The maximum atomic E-state index is 13.3. The third-order valence-electron chi connectivity index (χ3n) is 6.54. The van der Waals surface area contributed by atoms with Crippen LogP contribution in [-0.4, -0.2) is 78.5 Å². The summed E-state index contributed by atoms with van der Waals surface area (Å²) in [5.41, 5.74) is 0. The summed E-state index contributed by atoms with van der Waals surface area (Å²) in [6, 6.07) is 5.64. The topological polar surface area (TPSA) is 68.8 Å². The number of nitrogens with zero attached hydrogens (tertiary/aromatic N) is 4. The van der Waals surface area contributed by atoms with Gasteiger partial charge < -0.3 is 15.1 Å². The second-order valence-electron chi connectivity index (χ2n) is 10.2. The number of rotatable bonds is 8. The minimum absolute atomic E-state index is 0.0219. The molecule has 0 aliphatic carbocycles. The fraction of sp³-hybridized carbons (Fsp3) is 0.720. The zero-order chi connectivity index (χ0) is 23.1. The summed E-state index contributed by atoms with van der Waals surface area (Å²) >= 11 is 0. The molecule has 0 saturated carbocycles. The van der Waals surface area contributed by atoms with E-state index in [4.69, 9.17) is 0 Å². The van der Waals surface area contributed by atoms with Crippen LogP contribution in [-0.2, 0) is 9.59 Å². The molecule has 3 heterocycles. The van der Waals surface area contributed by atoms with E-state index in [2.05, 4.69) is 26.2 Å². The summed E-state index contributed by atoms with van der Waals surface area (Å²) in [4.78, 5) is 36.9. The maximum Gasteiger partial charge on any atom is 0.245 e. The molecule has 0 spiro atoms. The second kappa shape index (κ2) is 11.6. The molecule has 2 atom stereocenters. The lowest BCUT2D eigenvalue weighted by atomic mass is 9.94. The monoisotopic (exact) mass is 443 g/mol. The van der Waals surface area contributed by atoms with Crippen molar-refractivity contribution >= 4 is 17.6 Å². The predicted octanol–water partition coefficient (Wildman–Crippen LogP) is 2.63. The minimum atomic E-state index is -0.429. The van der Waals surface area contributed by atoms with Crippen LogP contribution in [0, 0.1) is 17.8 Å². The van der Waals surface area contributed by atoms with Gasteiger partial charge >= 0.3 is 0 Å². The molecule has 0 unspecified atom stereocenters. The molecule has 1 aromatic heterocycles. The number of hydrogen-bond donors (Lipinski definition) is 1. The number of likely N-dealkylation sites (tertiary alicyclic amines) is 1. The predicted molar refractivity (Wildman–Crippen MR) is 128 cm³/mol. The lowest BCUT2D eigenvalue weighted by molar-refractivity contribution is -0.139. The molecule has 0 radical (unpaired) electrons. The molecular weight excluding hydrogens is 402 g/mol. The average molecular weight is 444 g/mol. The van der Waals surface area contributed by atoms with E-state index in [1.54, 1.807) is 0 Å². The maximum absolute atomic E-state index is 13.3. The number of anilines is 1. The Bertz CT molecular complexity index is 731. The first kappa shape index (κ1) is 24.5. The molecule has 178 valence electrons. The Hall–Kier alpha value is -2.15. The van der Waals surface area contributed by atoms with Crippen LogP contribution < -0.4 is 10.2 Å². The van der Waals surface area contributed by atoms with Crippen molar-refractivity contribution in [2.75, 3.05) is 50.7 Å². The van der Waals surface area contributed by atoms with Crippen LogP contribution in [0.25, 0.3) is 0 Å². The van der Waals surface area contributed by atoms with Crippen molar-refractivity contribution in [3.8, 4) is 0 Å². The molecule has 0 bridgehead atoms. The molecular formula is C25H41N5O2. The highest BCUT2D eigenvalue weighted by atomic mass is 16.2. The fourth-order valence-electron chi connectivity index (χ4n) is 4.79. The zero-order valence-electron chi connectivity index (χ0n) is 20.3. The number of nitrogens with one attached hydrogen (secondary N) is 1. The van der Waals surface area contributed by atoms with Gasteiger partial charge in [0.05, 0.1) is 0 Å². The van der Waals surface area contributed by atoms with E-state index >= 15 is 0 Å². The van der Waals surface area contributed by atoms with Gasteiger partial charge in [0.15, 0.2) is 0 Å². The van der Waals surface area contributed by atoms with Crippen molar-refractivity contribution in [1.82, 2.24) is 20.1 Å². The van der Waals surface area contributed by atoms with Gasteiger partial charge in [-0.25, -0.2) is 4.98 Å². The molecule has 2 aliphatic heterocycles. The average Bonchev–Trinajstić information content (AvgIpc) is 2.78. The lowest BCUT2D eigenvalue weighted by Crippen LogP contribution is -2.55. The highest BCUT2D eigenvalue weighted by Crippen LogP contribution is 2.21. The van der Waals surface area contributed by atoms with Crippen molar-refractivity contribution in [2.24, 2.45) is 17.8 Å². The van der Waals surface area contributed by atoms with Crippen LogP contribution in [0.3, 0.4) is 0 Å². The minimum Gasteiger partial charge on any atom is -0.354 e. The van der Waals surface area contributed by atoms with Crippen LogP contribution in [0.4, 0.5) is 5.82 Å². The summed E-state index contributed by atoms with van der Waals surface area (Å²) in [5, 5.41) is 3.01. The van der Waals surface area contributed by atoms with Crippen molar-refractivity contribution in [3.63, 3.8) is 0 Å².